The third-order valence-corrected chi connectivity index (χ3v) is 5.51. The van der Waals surface area contributed by atoms with Crippen molar-refractivity contribution >= 4 is 22.6 Å². The van der Waals surface area contributed by atoms with E-state index in [9.17, 15) is 0 Å². The maximum atomic E-state index is 5.57. The summed E-state index contributed by atoms with van der Waals surface area (Å²) in [6.45, 7) is 0. The molecule has 0 N–H and O–H groups in total. The fourth-order valence-electron chi connectivity index (χ4n) is 3.89. The highest BCUT2D eigenvalue weighted by Gasteiger charge is 2.41. The number of ether oxygens (including phenoxy) is 1. The Morgan fingerprint density at radius 1 is 1.12 bits per heavy atom. The monoisotopic (exact) mass is 342 g/mol. The topological polar surface area (TPSA) is 9.23 Å². The summed E-state index contributed by atoms with van der Waals surface area (Å²) < 4.78 is 7.03. The van der Waals surface area contributed by atoms with Gasteiger partial charge in [0.2, 0.25) is 0 Å². The van der Waals surface area contributed by atoms with Crippen molar-refractivity contribution in [2.24, 2.45) is 0 Å². The van der Waals surface area contributed by atoms with E-state index in [0.717, 1.165) is 5.75 Å². The van der Waals surface area contributed by atoms with E-state index in [-0.39, 0.29) is 0 Å². The number of benzene rings is 1. The van der Waals surface area contributed by atoms with Gasteiger partial charge in [0.15, 0.2) is 0 Å². The minimum atomic E-state index is 0.499. The highest BCUT2D eigenvalue weighted by Crippen LogP contribution is 2.51. The second-order valence-electron chi connectivity index (χ2n) is 5.44. The van der Waals surface area contributed by atoms with Crippen LogP contribution in [-0.4, -0.2) is 7.11 Å². The number of fused-ring (bicyclic) bond motifs is 2. The molecular formula is C15H19IO. The molecule has 1 nitrogen and oxygen atoms in total. The van der Waals surface area contributed by atoms with Crippen LogP contribution in [0.15, 0.2) is 12.1 Å². The van der Waals surface area contributed by atoms with Gasteiger partial charge in [-0.1, -0.05) is 12.8 Å². The maximum absolute atomic E-state index is 5.57. The molecule has 0 amide bonds. The van der Waals surface area contributed by atoms with Crippen LogP contribution in [0.25, 0.3) is 0 Å². The highest BCUT2D eigenvalue weighted by atomic mass is 127. The fourth-order valence-corrected chi connectivity index (χ4v) is 4.97. The van der Waals surface area contributed by atoms with Gasteiger partial charge in [-0.15, -0.1) is 0 Å². The summed E-state index contributed by atoms with van der Waals surface area (Å²) in [6.07, 6.45) is 9.54. The molecule has 1 aromatic carbocycles. The third-order valence-electron chi connectivity index (χ3n) is 4.61. The molecule has 92 valence electrons. The van der Waals surface area contributed by atoms with Gasteiger partial charge in [0.1, 0.15) is 5.75 Å². The lowest BCUT2D eigenvalue weighted by Gasteiger charge is -2.37. The maximum Gasteiger partial charge on any atom is 0.122 e. The summed E-state index contributed by atoms with van der Waals surface area (Å²) in [5.41, 5.74) is 3.65. The Kier molecular flexibility index (Phi) is 3.09. The van der Waals surface area contributed by atoms with Crippen molar-refractivity contribution in [1.82, 2.24) is 0 Å². The summed E-state index contributed by atoms with van der Waals surface area (Å²) in [5, 5.41) is 0. The standard InChI is InChI=1S/C15H19IO/c1-17-13-7-6-12(16)14-11(13)5-4-10-15(14)8-2-3-9-15/h6-7H,2-5,8-10H2,1H3. The predicted octanol–water partition coefficient (Wildman–Crippen LogP) is 4.45. The molecule has 1 fully saturated rings. The van der Waals surface area contributed by atoms with Gasteiger partial charge in [0.05, 0.1) is 7.11 Å². The van der Waals surface area contributed by atoms with Crippen LogP contribution in [0, 0.1) is 3.57 Å². The van der Waals surface area contributed by atoms with Crippen LogP contribution in [0.5, 0.6) is 5.75 Å². The van der Waals surface area contributed by atoms with E-state index >= 15 is 0 Å². The van der Waals surface area contributed by atoms with Gasteiger partial charge >= 0.3 is 0 Å². The molecule has 2 aliphatic rings. The average molecular weight is 342 g/mol. The van der Waals surface area contributed by atoms with Gasteiger partial charge in [-0.05, 0) is 83.4 Å². The largest absolute Gasteiger partial charge is 0.496 e. The predicted molar refractivity (Wildman–Crippen MR) is 78.8 cm³/mol. The first-order valence-electron chi connectivity index (χ1n) is 6.63. The van der Waals surface area contributed by atoms with Crippen LogP contribution < -0.4 is 4.74 Å². The van der Waals surface area contributed by atoms with E-state index in [1.165, 1.54) is 54.1 Å². The van der Waals surface area contributed by atoms with Gasteiger partial charge in [-0.3, -0.25) is 0 Å². The van der Waals surface area contributed by atoms with Crippen molar-refractivity contribution in [3.05, 3.63) is 26.8 Å². The summed E-state index contributed by atoms with van der Waals surface area (Å²) in [5.74, 6) is 1.12. The average Bonchev–Trinajstić information content (AvgIpc) is 2.79. The second-order valence-corrected chi connectivity index (χ2v) is 6.61. The Bertz CT molecular complexity index is 433. The Balaban J connectivity index is 2.18. The fraction of sp³-hybridized carbons (Fsp3) is 0.600. The van der Waals surface area contributed by atoms with Crippen LogP contribution in [0.3, 0.4) is 0 Å². The Morgan fingerprint density at radius 3 is 2.53 bits per heavy atom. The summed E-state index contributed by atoms with van der Waals surface area (Å²) >= 11 is 2.52. The van der Waals surface area contributed by atoms with E-state index in [1.807, 2.05) is 0 Å². The lowest BCUT2D eigenvalue weighted by Crippen LogP contribution is -2.29. The first kappa shape index (κ1) is 11.8. The van der Waals surface area contributed by atoms with E-state index < -0.39 is 0 Å². The number of hydrogen-bond donors (Lipinski definition) is 0. The van der Waals surface area contributed by atoms with Crippen molar-refractivity contribution in [3.63, 3.8) is 0 Å². The van der Waals surface area contributed by atoms with E-state index in [2.05, 4.69) is 34.7 Å². The number of methoxy groups -OCH3 is 1. The van der Waals surface area contributed by atoms with Crippen molar-refractivity contribution in [2.75, 3.05) is 7.11 Å². The lowest BCUT2D eigenvalue weighted by atomic mass is 9.69. The van der Waals surface area contributed by atoms with E-state index in [4.69, 9.17) is 4.74 Å². The SMILES string of the molecule is COc1ccc(I)c2c1CCCC21CCCC1. The van der Waals surface area contributed by atoms with Gasteiger partial charge < -0.3 is 4.74 Å². The molecule has 0 atom stereocenters. The number of halogens is 1. The molecule has 1 saturated carbocycles. The molecule has 2 heteroatoms. The second kappa shape index (κ2) is 4.45. The Morgan fingerprint density at radius 2 is 1.82 bits per heavy atom. The van der Waals surface area contributed by atoms with Gasteiger partial charge in [-0.25, -0.2) is 0 Å². The molecule has 0 aromatic heterocycles. The number of hydrogen-bond acceptors (Lipinski definition) is 1. The minimum Gasteiger partial charge on any atom is -0.496 e. The van der Waals surface area contributed by atoms with Crippen LogP contribution in [-0.2, 0) is 11.8 Å². The zero-order valence-electron chi connectivity index (χ0n) is 10.4. The molecule has 0 aliphatic heterocycles. The highest BCUT2D eigenvalue weighted by molar-refractivity contribution is 14.1. The van der Waals surface area contributed by atoms with Crippen LogP contribution in [0.2, 0.25) is 0 Å². The van der Waals surface area contributed by atoms with Crippen molar-refractivity contribution in [1.29, 1.82) is 0 Å². The van der Waals surface area contributed by atoms with Crippen molar-refractivity contribution < 1.29 is 4.74 Å². The molecule has 1 aromatic rings. The Hall–Kier alpha value is -0.250. The molecule has 3 rings (SSSR count). The third kappa shape index (κ3) is 1.79. The summed E-state index contributed by atoms with van der Waals surface area (Å²) in [4.78, 5) is 0. The first-order valence-corrected chi connectivity index (χ1v) is 7.71. The Labute approximate surface area is 117 Å². The van der Waals surface area contributed by atoms with Crippen molar-refractivity contribution in [3.8, 4) is 5.75 Å². The van der Waals surface area contributed by atoms with E-state index in [0.29, 0.717) is 5.41 Å². The lowest BCUT2D eigenvalue weighted by molar-refractivity contribution is 0.352. The van der Waals surface area contributed by atoms with Crippen LogP contribution in [0.4, 0.5) is 0 Å². The molecule has 2 aliphatic carbocycles. The smallest absolute Gasteiger partial charge is 0.122 e. The van der Waals surface area contributed by atoms with Crippen LogP contribution >= 0.6 is 22.6 Å². The van der Waals surface area contributed by atoms with E-state index in [1.54, 1.807) is 12.7 Å². The molecule has 0 heterocycles. The molecule has 0 radical (unpaired) electrons. The van der Waals surface area contributed by atoms with Gasteiger partial charge in [0.25, 0.3) is 0 Å². The molecule has 0 saturated heterocycles. The quantitative estimate of drug-likeness (QED) is 0.686. The molecule has 0 unspecified atom stereocenters. The number of rotatable bonds is 1. The minimum absolute atomic E-state index is 0.499. The molecule has 17 heavy (non-hydrogen) atoms. The van der Waals surface area contributed by atoms with Crippen LogP contribution in [0.1, 0.15) is 49.7 Å². The van der Waals surface area contributed by atoms with Crippen molar-refractivity contribution in [2.45, 2.75) is 50.4 Å². The first-order chi connectivity index (χ1) is 8.27. The van der Waals surface area contributed by atoms with Gasteiger partial charge in [0, 0.05) is 3.57 Å². The molecular weight excluding hydrogens is 323 g/mol. The normalized spacial score (nSPS) is 21.5. The zero-order valence-corrected chi connectivity index (χ0v) is 12.5. The molecule has 1 spiro atoms. The molecule has 0 bridgehead atoms. The van der Waals surface area contributed by atoms with Gasteiger partial charge in [-0.2, -0.15) is 0 Å². The zero-order chi connectivity index (χ0) is 11.9. The summed E-state index contributed by atoms with van der Waals surface area (Å²) in [7, 11) is 1.80. The summed E-state index contributed by atoms with van der Waals surface area (Å²) in [6, 6.07) is 4.39.